The highest BCUT2D eigenvalue weighted by atomic mass is 19.1. The van der Waals surface area contributed by atoms with E-state index in [0.29, 0.717) is 0 Å². The molecule has 0 amide bonds. The second kappa shape index (κ2) is 7.51. The summed E-state index contributed by atoms with van der Waals surface area (Å²) in [7, 11) is 0. The summed E-state index contributed by atoms with van der Waals surface area (Å²) in [5.41, 5.74) is 2.16. The summed E-state index contributed by atoms with van der Waals surface area (Å²) in [4.78, 5) is 2.30. The minimum absolute atomic E-state index is 0.206. The van der Waals surface area contributed by atoms with Gasteiger partial charge in [-0.05, 0) is 29.8 Å². The Morgan fingerprint density at radius 2 is 1.64 bits per heavy atom. The van der Waals surface area contributed by atoms with Crippen molar-refractivity contribution in [3.05, 3.63) is 41.7 Å². The van der Waals surface area contributed by atoms with E-state index in [1.165, 1.54) is 12.1 Å². The zero-order chi connectivity index (χ0) is 15.2. The molecular weight excluding hydrogens is 283 g/mol. The quantitative estimate of drug-likeness (QED) is 0.793. The first-order valence-electron chi connectivity index (χ1n) is 7.78. The lowest BCUT2D eigenvalue weighted by molar-refractivity contribution is -0.544. The van der Waals surface area contributed by atoms with E-state index in [4.69, 9.17) is 9.47 Å². The Hall–Kier alpha value is -1.72. The number of ether oxygens (including phenoxy) is 2. The summed E-state index contributed by atoms with van der Waals surface area (Å²) in [6, 6.07) is 6.70. The maximum Gasteiger partial charge on any atom is 0.166 e. The summed E-state index contributed by atoms with van der Waals surface area (Å²) in [5, 5.41) is 0. The Kier molecular flexibility index (Phi) is 5.19. The van der Waals surface area contributed by atoms with Crippen molar-refractivity contribution in [1.29, 1.82) is 0 Å². The molecule has 2 heterocycles. The predicted molar refractivity (Wildman–Crippen MR) is 83.6 cm³/mol. The average Bonchev–Trinajstić information content (AvgIpc) is 2.58. The van der Waals surface area contributed by atoms with Crippen LogP contribution in [-0.4, -0.2) is 68.3 Å². The Bertz CT molecular complexity index is 540. The smallest absolute Gasteiger partial charge is 0.166 e. The van der Waals surface area contributed by atoms with E-state index >= 15 is 0 Å². The van der Waals surface area contributed by atoms with Crippen molar-refractivity contribution in [2.24, 2.45) is 0 Å². The molecular formula is C17H22FN2O2+. The second-order valence-corrected chi connectivity index (χ2v) is 5.46. The van der Waals surface area contributed by atoms with Crippen LogP contribution in [0.3, 0.4) is 0 Å². The van der Waals surface area contributed by atoms with Crippen molar-refractivity contribution in [2.75, 3.05) is 52.6 Å². The Labute approximate surface area is 130 Å². The molecule has 0 aromatic heterocycles. The van der Waals surface area contributed by atoms with Crippen molar-refractivity contribution in [3.8, 4) is 0 Å². The van der Waals surface area contributed by atoms with E-state index in [9.17, 15) is 4.39 Å². The fourth-order valence-corrected chi connectivity index (χ4v) is 2.71. The standard InChI is InChI=1S/C17H22FN2O2/c18-16-3-1-15(2-4-16)17(20-9-13-22-14-10-20)5-6-19-7-11-21-12-8-19/h1-6H,7-14H2/q+1. The lowest BCUT2D eigenvalue weighted by atomic mass is 10.1. The first-order chi connectivity index (χ1) is 10.8. The van der Waals surface area contributed by atoms with E-state index in [1.807, 2.05) is 12.1 Å². The SMILES string of the molecule is Fc1ccc(/C(=C/C=[N+]2CCOCC2)N2CCOCC2)cc1. The van der Waals surface area contributed by atoms with Gasteiger partial charge in [0, 0.05) is 19.2 Å². The average molecular weight is 305 g/mol. The Morgan fingerprint density at radius 3 is 2.32 bits per heavy atom. The third-order valence-electron chi connectivity index (χ3n) is 3.98. The van der Waals surface area contributed by atoms with Crippen LogP contribution >= 0.6 is 0 Å². The number of nitrogens with zero attached hydrogens (tertiary/aromatic N) is 2. The Balaban J connectivity index is 1.85. The lowest BCUT2D eigenvalue weighted by Crippen LogP contribution is -2.35. The maximum atomic E-state index is 13.2. The monoisotopic (exact) mass is 305 g/mol. The molecule has 2 aliphatic heterocycles. The molecule has 1 aromatic rings. The van der Waals surface area contributed by atoms with Crippen LogP contribution < -0.4 is 0 Å². The zero-order valence-corrected chi connectivity index (χ0v) is 12.7. The molecule has 0 N–H and O–H groups in total. The number of morpholine rings is 2. The molecule has 5 heteroatoms. The van der Waals surface area contributed by atoms with E-state index in [1.54, 1.807) is 0 Å². The third kappa shape index (κ3) is 3.93. The van der Waals surface area contributed by atoms with Crippen LogP contribution in [0.1, 0.15) is 5.56 Å². The molecule has 0 atom stereocenters. The molecule has 0 bridgehead atoms. The Morgan fingerprint density at radius 1 is 1.00 bits per heavy atom. The summed E-state index contributed by atoms with van der Waals surface area (Å²) < 4.78 is 26.2. The molecule has 3 rings (SSSR count). The van der Waals surface area contributed by atoms with E-state index in [2.05, 4.69) is 21.8 Å². The highest BCUT2D eigenvalue weighted by Gasteiger charge is 2.16. The third-order valence-corrected chi connectivity index (χ3v) is 3.98. The van der Waals surface area contributed by atoms with Gasteiger partial charge < -0.3 is 14.4 Å². The van der Waals surface area contributed by atoms with Gasteiger partial charge in [0.25, 0.3) is 0 Å². The number of rotatable bonds is 3. The molecule has 0 spiro atoms. The van der Waals surface area contributed by atoms with Gasteiger partial charge in [0.1, 0.15) is 19.0 Å². The van der Waals surface area contributed by atoms with Gasteiger partial charge in [0.2, 0.25) is 0 Å². The predicted octanol–water partition coefficient (Wildman–Crippen LogP) is 1.61. The molecule has 2 fully saturated rings. The van der Waals surface area contributed by atoms with Crippen LogP contribution in [-0.2, 0) is 9.47 Å². The van der Waals surface area contributed by atoms with Gasteiger partial charge in [0.05, 0.1) is 18.9 Å². The minimum atomic E-state index is -0.206. The summed E-state index contributed by atoms with van der Waals surface area (Å²) in [6.07, 6.45) is 4.25. The molecule has 0 radical (unpaired) electrons. The van der Waals surface area contributed by atoms with Gasteiger partial charge in [-0.1, -0.05) is 0 Å². The molecule has 0 aliphatic carbocycles. The van der Waals surface area contributed by atoms with Gasteiger partial charge >= 0.3 is 0 Å². The number of halogens is 1. The summed E-state index contributed by atoms with van der Waals surface area (Å²) in [6.45, 7) is 6.56. The first kappa shape index (κ1) is 15.2. The van der Waals surface area contributed by atoms with Crippen LogP contribution in [0.15, 0.2) is 30.3 Å². The second-order valence-electron chi connectivity index (χ2n) is 5.46. The molecule has 2 saturated heterocycles. The molecule has 118 valence electrons. The zero-order valence-electron chi connectivity index (χ0n) is 12.7. The first-order valence-corrected chi connectivity index (χ1v) is 7.78. The molecule has 22 heavy (non-hydrogen) atoms. The van der Waals surface area contributed by atoms with Crippen molar-refractivity contribution in [2.45, 2.75) is 0 Å². The number of allylic oxidation sites excluding steroid dienone is 1. The lowest BCUT2D eigenvalue weighted by Gasteiger charge is -2.31. The van der Waals surface area contributed by atoms with E-state index in [-0.39, 0.29) is 5.82 Å². The van der Waals surface area contributed by atoms with Gasteiger partial charge in [-0.2, -0.15) is 0 Å². The van der Waals surface area contributed by atoms with Crippen molar-refractivity contribution < 1.29 is 18.4 Å². The van der Waals surface area contributed by atoms with Crippen LogP contribution in [0.25, 0.3) is 5.70 Å². The minimum Gasteiger partial charge on any atom is -0.378 e. The molecule has 1 aromatic carbocycles. The highest BCUT2D eigenvalue weighted by Crippen LogP contribution is 2.20. The van der Waals surface area contributed by atoms with Crippen LogP contribution in [0, 0.1) is 5.82 Å². The van der Waals surface area contributed by atoms with Crippen molar-refractivity contribution >= 4 is 11.9 Å². The van der Waals surface area contributed by atoms with Crippen LogP contribution in [0.4, 0.5) is 4.39 Å². The van der Waals surface area contributed by atoms with Crippen molar-refractivity contribution in [1.82, 2.24) is 4.90 Å². The molecule has 4 nitrogen and oxygen atoms in total. The van der Waals surface area contributed by atoms with Gasteiger partial charge in [-0.3, -0.25) is 0 Å². The number of hydrogen-bond acceptors (Lipinski definition) is 3. The van der Waals surface area contributed by atoms with E-state index < -0.39 is 0 Å². The largest absolute Gasteiger partial charge is 0.378 e. The number of hydrogen-bond donors (Lipinski definition) is 0. The van der Waals surface area contributed by atoms with Crippen LogP contribution in [0.2, 0.25) is 0 Å². The summed E-state index contributed by atoms with van der Waals surface area (Å²) >= 11 is 0. The topological polar surface area (TPSA) is 24.7 Å². The van der Waals surface area contributed by atoms with Crippen molar-refractivity contribution in [3.63, 3.8) is 0 Å². The molecule has 2 aliphatic rings. The molecule has 0 saturated carbocycles. The number of benzene rings is 1. The summed E-state index contributed by atoms with van der Waals surface area (Å²) in [5.74, 6) is -0.206. The van der Waals surface area contributed by atoms with Gasteiger partial charge in [0.15, 0.2) is 19.3 Å². The van der Waals surface area contributed by atoms with Gasteiger partial charge in [-0.25, -0.2) is 8.97 Å². The van der Waals surface area contributed by atoms with E-state index in [0.717, 1.165) is 63.9 Å². The normalized spacial score (nSPS) is 20.1. The molecule has 0 unspecified atom stereocenters. The van der Waals surface area contributed by atoms with Crippen LogP contribution in [0.5, 0.6) is 0 Å². The van der Waals surface area contributed by atoms with Gasteiger partial charge in [-0.15, -0.1) is 0 Å². The fourth-order valence-electron chi connectivity index (χ4n) is 2.71. The highest BCUT2D eigenvalue weighted by molar-refractivity contribution is 5.81. The fraction of sp³-hybridized carbons (Fsp3) is 0.471. The maximum absolute atomic E-state index is 13.2.